The van der Waals surface area contributed by atoms with Gasteiger partial charge in [-0.2, -0.15) is 0 Å². The number of ether oxygens (including phenoxy) is 1. The molecule has 7 heteroatoms. The van der Waals surface area contributed by atoms with E-state index in [4.69, 9.17) is 40.2 Å². The van der Waals surface area contributed by atoms with Gasteiger partial charge in [0, 0.05) is 24.5 Å². The van der Waals surface area contributed by atoms with Gasteiger partial charge in [0.2, 0.25) is 5.91 Å². The minimum absolute atomic E-state index is 0.0740. The first-order valence-corrected chi connectivity index (χ1v) is 9.39. The molecule has 1 aliphatic heterocycles. The number of thiocarbonyl (C=S) groups is 1. The first-order valence-electron chi connectivity index (χ1n) is 8.23. The van der Waals surface area contributed by atoms with Crippen LogP contribution >= 0.6 is 35.4 Å². The number of carbonyl (C=O) groups excluding carboxylic acids is 1. The summed E-state index contributed by atoms with van der Waals surface area (Å²) in [4.78, 5) is 14.1. The fourth-order valence-electron chi connectivity index (χ4n) is 2.54. The zero-order chi connectivity index (χ0) is 17.4. The number of carbonyl (C=O) groups is 1. The molecule has 0 bridgehead atoms. The highest BCUT2D eigenvalue weighted by Crippen LogP contribution is 2.27. The Balaban J connectivity index is 1.66. The predicted molar refractivity (Wildman–Crippen MR) is 102 cm³/mol. The molecule has 1 aromatic carbocycles. The molecule has 1 aromatic rings. The van der Waals surface area contributed by atoms with Crippen LogP contribution in [0.4, 0.5) is 0 Å². The molecule has 1 aliphatic rings. The van der Waals surface area contributed by atoms with Crippen molar-refractivity contribution < 1.29 is 9.53 Å². The molecule has 4 nitrogen and oxygen atoms in total. The van der Waals surface area contributed by atoms with E-state index in [2.05, 4.69) is 10.2 Å². The van der Waals surface area contributed by atoms with Crippen molar-refractivity contribution in [3.63, 3.8) is 0 Å². The second-order valence-corrected chi connectivity index (χ2v) is 7.01. The lowest BCUT2D eigenvalue weighted by Gasteiger charge is -2.23. The van der Waals surface area contributed by atoms with Crippen LogP contribution in [0.15, 0.2) is 18.2 Å². The smallest absolute Gasteiger partial charge is 0.226 e. The predicted octanol–water partition coefficient (Wildman–Crippen LogP) is 4.43. The third-order valence-corrected chi connectivity index (χ3v) is 4.73. The molecule has 0 spiro atoms. The van der Waals surface area contributed by atoms with Crippen LogP contribution < -0.4 is 10.1 Å². The first kappa shape index (κ1) is 19.3. The van der Waals surface area contributed by atoms with Crippen LogP contribution in [-0.2, 0) is 4.79 Å². The van der Waals surface area contributed by atoms with E-state index >= 15 is 0 Å². The van der Waals surface area contributed by atoms with E-state index < -0.39 is 0 Å². The topological polar surface area (TPSA) is 41.6 Å². The van der Waals surface area contributed by atoms with E-state index in [1.165, 1.54) is 12.8 Å². The van der Waals surface area contributed by atoms with E-state index in [1.54, 1.807) is 18.2 Å². The van der Waals surface area contributed by atoms with Gasteiger partial charge in [-0.25, -0.2) is 0 Å². The lowest BCUT2D eigenvalue weighted by molar-refractivity contribution is -0.120. The van der Waals surface area contributed by atoms with Crippen LogP contribution in [0.25, 0.3) is 0 Å². The van der Waals surface area contributed by atoms with Gasteiger partial charge in [0.25, 0.3) is 0 Å². The quantitative estimate of drug-likeness (QED) is 0.598. The van der Waals surface area contributed by atoms with Crippen molar-refractivity contribution in [1.82, 2.24) is 10.2 Å². The highest BCUT2D eigenvalue weighted by Gasteiger charge is 2.14. The molecule has 2 rings (SSSR count). The Morgan fingerprint density at radius 2 is 1.92 bits per heavy atom. The van der Waals surface area contributed by atoms with Crippen molar-refractivity contribution in [3.05, 3.63) is 28.2 Å². The summed E-state index contributed by atoms with van der Waals surface area (Å²) in [6, 6.07) is 5.07. The number of hydrogen-bond acceptors (Lipinski definition) is 3. The molecule has 0 unspecified atom stereocenters. The Morgan fingerprint density at radius 3 is 2.58 bits per heavy atom. The van der Waals surface area contributed by atoms with Crippen molar-refractivity contribution in [2.75, 3.05) is 19.7 Å². The summed E-state index contributed by atoms with van der Waals surface area (Å²) in [5, 5.41) is 4.39. The average Bonchev–Trinajstić information content (AvgIpc) is 2.82. The lowest BCUT2D eigenvalue weighted by Crippen LogP contribution is -2.43. The molecule has 1 N–H and O–H groups in total. The van der Waals surface area contributed by atoms with Crippen molar-refractivity contribution in [1.29, 1.82) is 0 Å². The van der Waals surface area contributed by atoms with Crippen LogP contribution in [0, 0.1) is 0 Å². The van der Waals surface area contributed by atoms with Gasteiger partial charge in [0.05, 0.1) is 11.6 Å². The third kappa shape index (κ3) is 6.46. The van der Waals surface area contributed by atoms with E-state index in [0.717, 1.165) is 25.9 Å². The van der Waals surface area contributed by atoms with E-state index in [1.807, 2.05) is 0 Å². The van der Waals surface area contributed by atoms with Crippen molar-refractivity contribution in [2.24, 2.45) is 0 Å². The summed E-state index contributed by atoms with van der Waals surface area (Å²) >= 11 is 17.2. The zero-order valence-electron chi connectivity index (χ0n) is 13.5. The molecule has 132 valence electrons. The summed E-state index contributed by atoms with van der Waals surface area (Å²) in [5.74, 6) is 0.497. The second kappa shape index (κ2) is 10.1. The number of likely N-dealkylation sites (tertiary alicyclic amines) is 1. The number of nitrogens with one attached hydrogen (secondary N) is 1. The van der Waals surface area contributed by atoms with Gasteiger partial charge in [0.15, 0.2) is 5.11 Å². The zero-order valence-corrected chi connectivity index (χ0v) is 15.9. The van der Waals surface area contributed by atoms with Gasteiger partial charge in [0.1, 0.15) is 5.75 Å². The summed E-state index contributed by atoms with van der Waals surface area (Å²) in [6.45, 7) is 2.26. The summed E-state index contributed by atoms with van der Waals surface area (Å²) in [7, 11) is 0. The fourth-order valence-corrected chi connectivity index (χ4v) is 3.30. The van der Waals surface area contributed by atoms with Crippen molar-refractivity contribution in [3.8, 4) is 5.75 Å². The SMILES string of the molecule is O=C(CCCOc1ccc(Cl)cc1Cl)NC(=S)N1CCCCCC1. The molecule has 1 heterocycles. The Bertz CT molecular complexity index is 576. The maximum absolute atomic E-state index is 12.0. The summed E-state index contributed by atoms with van der Waals surface area (Å²) < 4.78 is 5.57. The largest absolute Gasteiger partial charge is 0.492 e. The molecule has 1 fully saturated rings. The molecule has 0 radical (unpaired) electrons. The highest BCUT2D eigenvalue weighted by molar-refractivity contribution is 7.80. The molecule has 24 heavy (non-hydrogen) atoms. The molecular formula is C17H22Cl2N2O2S. The number of amides is 1. The molecule has 1 amide bonds. The first-order chi connectivity index (χ1) is 11.6. The number of nitrogens with zero attached hydrogens (tertiary/aromatic N) is 1. The van der Waals surface area contributed by atoms with Gasteiger partial charge in [-0.1, -0.05) is 36.0 Å². The number of benzene rings is 1. The van der Waals surface area contributed by atoms with Gasteiger partial charge >= 0.3 is 0 Å². The fraction of sp³-hybridized carbons (Fsp3) is 0.529. The van der Waals surface area contributed by atoms with Crippen LogP contribution in [0.1, 0.15) is 38.5 Å². The van der Waals surface area contributed by atoms with Crippen LogP contribution in [0.5, 0.6) is 5.75 Å². The third-order valence-electron chi connectivity index (χ3n) is 3.84. The Labute approximate surface area is 158 Å². The van der Waals surface area contributed by atoms with Gasteiger partial charge in [-0.15, -0.1) is 0 Å². The highest BCUT2D eigenvalue weighted by atomic mass is 35.5. The molecular weight excluding hydrogens is 367 g/mol. The summed E-state index contributed by atoms with van der Waals surface area (Å²) in [5.41, 5.74) is 0. The van der Waals surface area contributed by atoms with Crippen LogP contribution in [0.3, 0.4) is 0 Å². The molecule has 0 saturated carbocycles. The monoisotopic (exact) mass is 388 g/mol. The molecule has 0 aliphatic carbocycles. The maximum Gasteiger partial charge on any atom is 0.226 e. The lowest BCUT2D eigenvalue weighted by atomic mass is 10.2. The molecule has 1 saturated heterocycles. The van der Waals surface area contributed by atoms with Crippen LogP contribution in [0.2, 0.25) is 10.0 Å². The normalized spacial score (nSPS) is 14.8. The summed E-state index contributed by atoms with van der Waals surface area (Å²) in [6.07, 6.45) is 5.68. The molecule has 0 atom stereocenters. The number of hydrogen-bond donors (Lipinski definition) is 1. The van der Waals surface area contributed by atoms with Gasteiger partial charge < -0.3 is 15.0 Å². The van der Waals surface area contributed by atoms with E-state index in [-0.39, 0.29) is 5.91 Å². The van der Waals surface area contributed by atoms with E-state index in [9.17, 15) is 4.79 Å². The Hall–Kier alpha value is -1.04. The Kier molecular flexibility index (Phi) is 8.09. The average molecular weight is 389 g/mol. The number of rotatable bonds is 5. The van der Waals surface area contributed by atoms with Crippen LogP contribution in [-0.4, -0.2) is 35.6 Å². The minimum Gasteiger partial charge on any atom is -0.492 e. The van der Waals surface area contributed by atoms with Gasteiger partial charge in [-0.05, 0) is 49.7 Å². The molecule has 0 aromatic heterocycles. The Morgan fingerprint density at radius 1 is 1.21 bits per heavy atom. The van der Waals surface area contributed by atoms with Crippen molar-refractivity contribution >= 4 is 46.4 Å². The maximum atomic E-state index is 12.0. The second-order valence-electron chi connectivity index (χ2n) is 5.78. The van der Waals surface area contributed by atoms with E-state index in [0.29, 0.717) is 40.4 Å². The van der Waals surface area contributed by atoms with Gasteiger partial charge in [-0.3, -0.25) is 4.79 Å². The standard InChI is InChI=1S/C17H22Cl2N2O2S/c18-13-7-8-15(14(19)12-13)23-11-5-6-16(22)20-17(24)21-9-3-1-2-4-10-21/h7-8,12H,1-6,9-11H2,(H,20,22,24). The van der Waals surface area contributed by atoms with Crippen molar-refractivity contribution in [2.45, 2.75) is 38.5 Å². The number of halogens is 2. The minimum atomic E-state index is -0.0740.